The summed E-state index contributed by atoms with van der Waals surface area (Å²) in [6.07, 6.45) is -3.50. The van der Waals surface area contributed by atoms with Crippen LogP contribution < -0.4 is 5.32 Å². The number of alkyl halides is 3. The van der Waals surface area contributed by atoms with Crippen molar-refractivity contribution in [3.8, 4) is 0 Å². The molecule has 0 bridgehead atoms. The molecule has 28 heavy (non-hydrogen) atoms. The SMILES string of the molecule is CC(C)(C)c1nc2cc(SC3CCNC3=O)ccc2n1CCCCC(F)(F)F. The second-order valence-corrected chi connectivity index (χ2v) is 9.52. The number of unbranched alkanes of at least 4 members (excludes halogenated alkanes) is 1. The highest BCUT2D eigenvalue weighted by Gasteiger charge is 2.28. The summed E-state index contributed by atoms with van der Waals surface area (Å²) in [7, 11) is 0. The molecule has 3 rings (SSSR count). The number of thioether (sulfide) groups is 1. The average Bonchev–Trinajstić information content (AvgIpc) is 3.14. The number of carbonyl (C=O) groups is 1. The lowest BCUT2D eigenvalue weighted by Gasteiger charge is -2.20. The maximum atomic E-state index is 12.4. The van der Waals surface area contributed by atoms with Crippen LogP contribution in [0.5, 0.6) is 0 Å². The first-order valence-electron chi connectivity index (χ1n) is 9.56. The Labute approximate surface area is 167 Å². The summed E-state index contributed by atoms with van der Waals surface area (Å²) >= 11 is 1.53. The summed E-state index contributed by atoms with van der Waals surface area (Å²) in [4.78, 5) is 17.6. The van der Waals surface area contributed by atoms with Gasteiger partial charge in [-0.25, -0.2) is 4.98 Å². The zero-order valence-electron chi connectivity index (χ0n) is 16.4. The Hall–Kier alpha value is -1.70. The number of halogens is 3. The Morgan fingerprint density at radius 2 is 2.00 bits per heavy atom. The van der Waals surface area contributed by atoms with Crippen molar-refractivity contribution in [3.05, 3.63) is 24.0 Å². The van der Waals surface area contributed by atoms with E-state index in [2.05, 4.69) is 26.1 Å². The van der Waals surface area contributed by atoms with Gasteiger partial charge in [0.2, 0.25) is 5.91 Å². The van der Waals surface area contributed by atoms with E-state index in [9.17, 15) is 18.0 Å². The Bertz CT molecular complexity index is 855. The van der Waals surface area contributed by atoms with E-state index in [1.807, 2.05) is 22.8 Å². The molecule has 0 spiro atoms. The van der Waals surface area contributed by atoms with E-state index in [0.717, 1.165) is 28.2 Å². The van der Waals surface area contributed by atoms with Gasteiger partial charge in [-0.05, 0) is 37.5 Å². The summed E-state index contributed by atoms with van der Waals surface area (Å²) in [5.41, 5.74) is 1.53. The van der Waals surface area contributed by atoms with Crippen LogP contribution in [0.4, 0.5) is 13.2 Å². The molecular weight excluding hydrogens is 387 g/mol. The van der Waals surface area contributed by atoms with Crippen molar-refractivity contribution in [2.24, 2.45) is 0 Å². The lowest BCUT2D eigenvalue weighted by Crippen LogP contribution is -2.20. The molecule has 1 aliphatic rings. The maximum absolute atomic E-state index is 12.4. The summed E-state index contributed by atoms with van der Waals surface area (Å²) in [6, 6.07) is 5.92. The first-order valence-corrected chi connectivity index (χ1v) is 10.4. The molecule has 1 fully saturated rings. The number of aromatic nitrogens is 2. The molecule has 1 atom stereocenters. The molecule has 154 valence electrons. The van der Waals surface area contributed by atoms with Crippen molar-refractivity contribution >= 4 is 28.7 Å². The van der Waals surface area contributed by atoms with Gasteiger partial charge in [0.25, 0.3) is 0 Å². The van der Waals surface area contributed by atoms with Gasteiger partial charge in [-0.1, -0.05) is 20.8 Å². The molecule has 1 saturated heterocycles. The molecule has 8 heteroatoms. The summed E-state index contributed by atoms with van der Waals surface area (Å²) < 4.78 is 39.3. The molecule has 1 aliphatic heterocycles. The van der Waals surface area contributed by atoms with E-state index in [4.69, 9.17) is 4.98 Å². The Morgan fingerprint density at radius 1 is 1.25 bits per heavy atom. The first kappa shape index (κ1) is 21.0. The second-order valence-electron chi connectivity index (χ2n) is 8.25. The number of nitrogens with zero attached hydrogens (tertiary/aromatic N) is 2. The van der Waals surface area contributed by atoms with Crippen molar-refractivity contribution in [2.75, 3.05) is 6.54 Å². The minimum Gasteiger partial charge on any atom is -0.355 e. The molecule has 1 unspecified atom stereocenters. The summed E-state index contributed by atoms with van der Waals surface area (Å²) in [5, 5.41) is 2.76. The molecule has 0 radical (unpaired) electrons. The van der Waals surface area contributed by atoms with Gasteiger partial charge in [-0.3, -0.25) is 4.79 Å². The Kier molecular flexibility index (Phi) is 5.98. The standard InChI is InChI=1S/C20H26F3N3OS/c1-19(2,3)18-25-14-12-13(28-16-8-10-24-17(16)27)6-7-15(14)26(18)11-5-4-9-20(21,22)23/h6-7,12,16H,4-5,8-11H2,1-3H3,(H,24,27). The molecule has 4 nitrogen and oxygen atoms in total. The summed E-state index contributed by atoms with van der Waals surface area (Å²) in [5.74, 6) is 0.936. The van der Waals surface area contributed by atoms with Crippen molar-refractivity contribution in [1.82, 2.24) is 14.9 Å². The summed E-state index contributed by atoms with van der Waals surface area (Å²) in [6.45, 7) is 7.38. The molecule has 2 heterocycles. The number of hydrogen-bond donors (Lipinski definition) is 1. The lowest BCUT2D eigenvalue weighted by atomic mass is 9.95. The molecule has 1 aromatic carbocycles. The van der Waals surface area contributed by atoms with Crippen LogP contribution in [0.3, 0.4) is 0 Å². The molecule has 1 aromatic heterocycles. The number of fused-ring (bicyclic) bond motifs is 1. The number of carbonyl (C=O) groups excluding carboxylic acids is 1. The number of rotatable bonds is 6. The van der Waals surface area contributed by atoms with Gasteiger partial charge >= 0.3 is 6.18 Å². The topological polar surface area (TPSA) is 46.9 Å². The number of benzene rings is 1. The largest absolute Gasteiger partial charge is 0.389 e. The predicted molar refractivity (Wildman–Crippen MR) is 106 cm³/mol. The van der Waals surface area contributed by atoms with Crippen molar-refractivity contribution in [1.29, 1.82) is 0 Å². The lowest BCUT2D eigenvalue weighted by molar-refractivity contribution is -0.135. The van der Waals surface area contributed by atoms with E-state index in [0.29, 0.717) is 19.5 Å². The van der Waals surface area contributed by atoms with Crippen LogP contribution in [0.1, 0.15) is 52.3 Å². The van der Waals surface area contributed by atoms with Gasteiger partial charge in [-0.2, -0.15) is 13.2 Å². The van der Waals surface area contributed by atoms with Gasteiger partial charge in [0.15, 0.2) is 0 Å². The highest BCUT2D eigenvalue weighted by atomic mass is 32.2. The number of imidazole rings is 1. The van der Waals surface area contributed by atoms with Crippen LogP contribution in [0.15, 0.2) is 23.1 Å². The molecule has 2 aromatic rings. The Morgan fingerprint density at radius 3 is 2.61 bits per heavy atom. The number of aryl methyl sites for hydroxylation is 1. The molecule has 0 saturated carbocycles. The van der Waals surface area contributed by atoms with Crippen LogP contribution in [0.25, 0.3) is 11.0 Å². The molecule has 1 N–H and O–H groups in total. The van der Waals surface area contributed by atoms with Crippen molar-refractivity contribution < 1.29 is 18.0 Å². The van der Waals surface area contributed by atoms with Gasteiger partial charge in [-0.15, -0.1) is 11.8 Å². The quantitative estimate of drug-likeness (QED) is 0.675. The maximum Gasteiger partial charge on any atom is 0.389 e. The van der Waals surface area contributed by atoms with Gasteiger partial charge < -0.3 is 9.88 Å². The van der Waals surface area contributed by atoms with E-state index in [1.54, 1.807) is 0 Å². The van der Waals surface area contributed by atoms with E-state index < -0.39 is 12.6 Å². The monoisotopic (exact) mass is 413 g/mol. The third kappa shape index (κ3) is 5.01. The number of nitrogens with one attached hydrogen (secondary N) is 1. The van der Waals surface area contributed by atoms with E-state index in [1.165, 1.54) is 11.8 Å². The molecular formula is C20H26F3N3OS. The second kappa shape index (κ2) is 7.97. The van der Waals surface area contributed by atoms with Crippen LogP contribution in [0, 0.1) is 0 Å². The first-order chi connectivity index (χ1) is 13.0. The average molecular weight is 414 g/mol. The van der Waals surface area contributed by atoms with Gasteiger partial charge in [0.05, 0.1) is 16.3 Å². The molecule has 0 aliphatic carbocycles. The smallest absolute Gasteiger partial charge is 0.355 e. The fourth-order valence-electron chi connectivity index (χ4n) is 3.43. The minimum atomic E-state index is -4.11. The van der Waals surface area contributed by atoms with Crippen molar-refractivity contribution in [3.63, 3.8) is 0 Å². The third-order valence-electron chi connectivity index (χ3n) is 4.76. The van der Waals surface area contributed by atoms with Gasteiger partial charge in [0, 0.05) is 29.8 Å². The predicted octanol–water partition coefficient (Wildman–Crippen LogP) is 5.05. The van der Waals surface area contributed by atoms with Gasteiger partial charge in [0.1, 0.15) is 5.82 Å². The van der Waals surface area contributed by atoms with Crippen LogP contribution in [-0.2, 0) is 16.8 Å². The van der Waals surface area contributed by atoms with Crippen LogP contribution in [0.2, 0.25) is 0 Å². The zero-order chi connectivity index (χ0) is 20.5. The normalized spacial score (nSPS) is 18.1. The Balaban J connectivity index is 1.83. The van der Waals surface area contributed by atoms with E-state index >= 15 is 0 Å². The minimum absolute atomic E-state index is 0.0654. The highest BCUT2D eigenvalue weighted by molar-refractivity contribution is 8.00. The fourth-order valence-corrected chi connectivity index (χ4v) is 4.51. The third-order valence-corrected chi connectivity index (χ3v) is 6.02. The number of hydrogen-bond acceptors (Lipinski definition) is 3. The highest BCUT2D eigenvalue weighted by Crippen LogP contribution is 2.33. The van der Waals surface area contributed by atoms with Crippen molar-refractivity contribution in [2.45, 2.75) is 74.7 Å². The van der Waals surface area contributed by atoms with Crippen LogP contribution >= 0.6 is 11.8 Å². The van der Waals surface area contributed by atoms with E-state index in [-0.39, 0.29) is 23.0 Å². The zero-order valence-corrected chi connectivity index (χ0v) is 17.2. The number of amides is 1. The molecule has 1 amide bonds. The van der Waals surface area contributed by atoms with Crippen LogP contribution in [-0.4, -0.2) is 33.4 Å². The fraction of sp³-hybridized carbons (Fsp3) is 0.600.